The van der Waals surface area contributed by atoms with E-state index in [1.807, 2.05) is 18.2 Å². The lowest BCUT2D eigenvalue weighted by molar-refractivity contribution is 0.114. The van der Waals surface area contributed by atoms with Crippen molar-refractivity contribution in [3.05, 3.63) is 42.0 Å². The molecule has 0 unspecified atom stereocenters. The number of hydrogen-bond acceptors (Lipinski definition) is 3. The van der Waals surface area contributed by atoms with Crippen LogP contribution in [-0.4, -0.2) is 30.1 Å². The van der Waals surface area contributed by atoms with E-state index in [0.717, 1.165) is 11.1 Å². The molecule has 1 aromatic carbocycles. The highest BCUT2D eigenvalue weighted by atomic mass is 28.4. The molecular formula is C13H20O3Si. The van der Waals surface area contributed by atoms with Crippen molar-refractivity contribution in [2.45, 2.75) is 12.5 Å². The third-order valence-corrected chi connectivity index (χ3v) is 6.16. The second-order valence-corrected chi connectivity index (χ2v) is 7.11. The first-order chi connectivity index (χ1) is 8.13. The summed E-state index contributed by atoms with van der Waals surface area (Å²) < 4.78 is 16.4. The van der Waals surface area contributed by atoms with Crippen LogP contribution in [0.15, 0.2) is 30.8 Å². The quantitative estimate of drug-likeness (QED) is 0.729. The van der Waals surface area contributed by atoms with Crippen LogP contribution in [0.25, 0.3) is 6.08 Å². The Balaban J connectivity index is 3.00. The van der Waals surface area contributed by atoms with Crippen LogP contribution in [0.5, 0.6) is 0 Å². The zero-order valence-corrected chi connectivity index (χ0v) is 11.9. The molecule has 0 bridgehead atoms. The van der Waals surface area contributed by atoms with Crippen LogP contribution in [0, 0.1) is 0 Å². The number of rotatable bonds is 6. The van der Waals surface area contributed by atoms with Crippen molar-refractivity contribution in [1.29, 1.82) is 0 Å². The van der Waals surface area contributed by atoms with Gasteiger partial charge < -0.3 is 13.3 Å². The maximum atomic E-state index is 5.48. The van der Waals surface area contributed by atoms with Gasteiger partial charge in [0.2, 0.25) is 0 Å². The zero-order valence-electron chi connectivity index (χ0n) is 10.9. The van der Waals surface area contributed by atoms with E-state index in [1.54, 1.807) is 21.3 Å². The van der Waals surface area contributed by atoms with Crippen LogP contribution >= 0.6 is 0 Å². The number of benzene rings is 1. The van der Waals surface area contributed by atoms with Gasteiger partial charge in [0.25, 0.3) is 0 Å². The molecule has 0 saturated heterocycles. The fourth-order valence-electron chi connectivity index (χ4n) is 1.91. The molecule has 0 aliphatic carbocycles. The zero-order chi connectivity index (χ0) is 12.9. The van der Waals surface area contributed by atoms with Gasteiger partial charge in [0, 0.05) is 21.3 Å². The molecule has 3 nitrogen and oxygen atoms in total. The van der Waals surface area contributed by atoms with Gasteiger partial charge >= 0.3 is 8.80 Å². The average molecular weight is 252 g/mol. The number of hydrogen-bond donors (Lipinski definition) is 0. The summed E-state index contributed by atoms with van der Waals surface area (Å²) in [5.41, 5.74) is 2.34. The molecule has 0 aliphatic heterocycles. The summed E-state index contributed by atoms with van der Waals surface area (Å²) in [6, 6.07) is 8.17. The predicted octanol–water partition coefficient (Wildman–Crippen LogP) is 2.85. The minimum Gasteiger partial charge on any atom is -0.376 e. The molecule has 0 heterocycles. The standard InChI is InChI=1S/C13H20O3Si/c1-6-12-7-9-13(10-8-12)11(2)17(14-3,15-4)16-5/h6-11H,1H2,2-5H3/t11-/m1/s1. The first kappa shape index (κ1) is 14.1. The highest BCUT2D eigenvalue weighted by molar-refractivity contribution is 6.62. The molecule has 0 fully saturated rings. The van der Waals surface area contributed by atoms with E-state index in [0.29, 0.717) is 0 Å². The molecular weight excluding hydrogens is 232 g/mol. The molecule has 0 aromatic heterocycles. The Hall–Kier alpha value is -0.943. The summed E-state index contributed by atoms with van der Waals surface area (Å²) in [6.45, 7) is 5.80. The fourth-order valence-corrected chi connectivity index (χ4v) is 4.07. The van der Waals surface area contributed by atoms with E-state index in [4.69, 9.17) is 13.3 Å². The van der Waals surface area contributed by atoms with E-state index in [-0.39, 0.29) is 5.54 Å². The Kier molecular flexibility index (Phi) is 5.08. The monoisotopic (exact) mass is 252 g/mol. The highest BCUT2D eigenvalue weighted by Gasteiger charge is 2.45. The fraction of sp³-hybridized carbons (Fsp3) is 0.385. The summed E-state index contributed by atoms with van der Waals surface area (Å²) in [7, 11) is 2.28. The van der Waals surface area contributed by atoms with Crippen molar-refractivity contribution in [2.24, 2.45) is 0 Å². The van der Waals surface area contributed by atoms with Crippen molar-refractivity contribution < 1.29 is 13.3 Å². The molecule has 1 aromatic rings. The minimum atomic E-state index is -2.62. The Bertz CT molecular complexity index is 349. The van der Waals surface area contributed by atoms with Gasteiger partial charge in [-0.2, -0.15) is 0 Å². The van der Waals surface area contributed by atoms with E-state index >= 15 is 0 Å². The summed E-state index contributed by atoms with van der Waals surface area (Å²) >= 11 is 0. The van der Waals surface area contributed by atoms with Crippen molar-refractivity contribution in [1.82, 2.24) is 0 Å². The second kappa shape index (κ2) is 6.12. The minimum absolute atomic E-state index is 0.0985. The first-order valence-electron chi connectivity index (χ1n) is 5.51. The average Bonchev–Trinajstić information content (AvgIpc) is 2.41. The largest absolute Gasteiger partial charge is 0.507 e. The van der Waals surface area contributed by atoms with Gasteiger partial charge in [0.05, 0.1) is 5.54 Å². The van der Waals surface area contributed by atoms with Crippen molar-refractivity contribution in [2.75, 3.05) is 21.3 Å². The molecule has 17 heavy (non-hydrogen) atoms. The first-order valence-corrected chi connectivity index (χ1v) is 7.31. The summed E-state index contributed by atoms with van der Waals surface area (Å²) in [4.78, 5) is 0. The lowest BCUT2D eigenvalue weighted by atomic mass is 10.1. The van der Waals surface area contributed by atoms with Crippen LogP contribution in [-0.2, 0) is 13.3 Å². The third-order valence-electron chi connectivity index (χ3n) is 3.06. The smallest absolute Gasteiger partial charge is 0.376 e. The van der Waals surface area contributed by atoms with Gasteiger partial charge in [-0.1, -0.05) is 43.8 Å². The van der Waals surface area contributed by atoms with E-state index in [1.165, 1.54) is 0 Å². The van der Waals surface area contributed by atoms with Crippen LogP contribution in [0.1, 0.15) is 23.6 Å². The maximum Gasteiger partial charge on any atom is 0.507 e. The molecule has 1 atom stereocenters. The Morgan fingerprint density at radius 3 is 1.88 bits per heavy atom. The predicted molar refractivity (Wildman–Crippen MR) is 71.7 cm³/mol. The Labute approximate surface area is 104 Å². The van der Waals surface area contributed by atoms with E-state index in [9.17, 15) is 0 Å². The molecule has 0 aliphatic rings. The summed E-state index contributed by atoms with van der Waals surface area (Å²) in [6.07, 6.45) is 1.82. The molecule has 0 saturated carbocycles. The van der Waals surface area contributed by atoms with Crippen molar-refractivity contribution in [3.63, 3.8) is 0 Å². The van der Waals surface area contributed by atoms with Crippen LogP contribution in [0.3, 0.4) is 0 Å². The van der Waals surface area contributed by atoms with E-state index in [2.05, 4.69) is 25.6 Å². The Morgan fingerprint density at radius 1 is 1.06 bits per heavy atom. The van der Waals surface area contributed by atoms with Gasteiger partial charge in [-0.15, -0.1) is 0 Å². The maximum absolute atomic E-state index is 5.48. The lowest BCUT2D eigenvalue weighted by Crippen LogP contribution is -2.48. The third kappa shape index (κ3) is 2.84. The highest BCUT2D eigenvalue weighted by Crippen LogP contribution is 2.28. The second-order valence-electron chi connectivity index (χ2n) is 3.81. The van der Waals surface area contributed by atoms with Crippen LogP contribution in [0.2, 0.25) is 0 Å². The van der Waals surface area contributed by atoms with Gasteiger partial charge in [0.15, 0.2) is 0 Å². The normalized spacial score (nSPS) is 13.4. The van der Waals surface area contributed by atoms with Crippen LogP contribution in [0.4, 0.5) is 0 Å². The SMILES string of the molecule is C=Cc1ccc([C@@H](C)[Si](OC)(OC)OC)cc1. The molecule has 0 N–H and O–H groups in total. The topological polar surface area (TPSA) is 27.7 Å². The molecule has 4 heteroatoms. The van der Waals surface area contributed by atoms with E-state index < -0.39 is 8.80 Å². The van der Waals surface area contributed by atoms with Crippen LogP contribution < -0.4 is 0 Å². The van der Waals surface area contributed by atoms with Gasteiger partial charge in [0.1, 0.15) is 0 Å². The molecule has 1 rings (SSSR count). The molecule has 94 valence electrons. The molecule has 0 spiro atoms. The molecule has 0 amide bonds. The van der Waals surface area contributed by atoms with Gasteiger partial charge in [-0.05, 0) is 11.1 Å². The summed E-state index contributed by atoms with van der Waals surface area (Å²) in [5.74, 6) is 0. The van der Waals surface area contributed by atoms with Crippen molar-refractivity contribution >= 4 is 14.9 Å². The lowest BCUT2D eigenvalue weighted by Gasteiger charge is -2.30. The van der Waals surface area contributed by atoms with Gasteiger partial charge in [-0.3, -0.25) is 0 Å². The van der Waals surface area contributed by atoms with Gasteiger partial charge in [-0.25, -0.2) is 0 Å². The van der Waals surface area contributed by atoms with Crippen molar-refractivity contribution in [3.8, 4) is 0 Å². The summed E-state index contributed by atoms with van der Waals surface area (Å²) in [5, 5.41) is 0. The molecule has 0 radical (unpaired) electrons. The Morgan fingerprint density at radius 2 is 1.53 bits per heavy atom.